The highest BCUT2D eigenvalue weighted by Crippen LogP contribution is 2.30. The van der Waals surface area contributed by atoms with E-state index in [1.165, 1.54) is 0 Å². The number of carbonyl (C=O) groups excluding carboxylic acids is 1. The fourth-order valence-corrected chi connectivity index (χ4v) is 3.17. The number of anilines is 1. The Balaban J connectivity index is 1.93. The molecule has 1 atom stereocenters. The largest absolute Gasteiger partial charge is 0.494 e. The first-order valence-corrected chi connectivity index (χ1v) is 8.33. The molecule has 1 N–H and O–H groups in total. The molecule has 1 aliphatic heterocycles. The summed E-state index contributed by atoms with van der Waals surface area (Å²) >= 11 is 0. The van der Waals surface area contributed by atoms with Gasteiger partial charge in [-0.05, 0) is 19.4 Å². The predicted octanol–water partition coefficient (Wildman–Crippen LogP) is 1.53. The monoisotopic (exact) mass is 348 g/mol. The van der Waals surface area contributed by atoms with Gasteiger partial charge in [-0.2, -0.15) is 0 Å². The van der Waals surface area contributed by atoms with E-state index in [1.54, 1.807) is 47.4 Å². The van der Waals surface area contributed by atoms with E-state index in [2.05, 4.69) is 5.32 Å². The first kappa shape index (κ1) is 17.3. The van der Waals surface area contributed by atoms with Crippen LogP contribution in [0, 0.1) is 0 Å². The zero-order valence-electron chi connectivity index (χ0n) is 15.0. The molecule has 3 rings (SSSR count). The van der Waals surface area contributed by atoms with Crippen LogP contribution in [-0.2, 0) is 18.8 Å². The molecule has 1 aliphatic rings. The van der Waals surface area contributed by atoms with Gasteiger partial charge in [-0.25, -0.2) is 9.59 Å². The summed E-state index contributed by atoms with van der Waals surface area (Å²) in [6.45, 7) is 3.80. The lowest BCUT2D eigenvalue weighted by molar-refractivity contribution is 0.0718. The molecule has 0 aliphatic carbocycles. The molecule has 2 aromatic rings. The molecule has 0 unspecified atom stereocenters. The average molecular weight is 348 g/mol. The zero-order chi connectivity index (χ0) is 18.1. The van der Waals surface area contributed by atoms with E-state index in [0.29, 0.717) is 31.1 Å². The van der Waals surface area contributed by atoms with E-state index >= 15 is 0 Å². The number of hydrogen-bond acceptors (Lipinski definition) is 4. The van der Waals surface area contributed by atoms with Gasteiger partial charge in [0.1, 0.15) is 5.75 Å². The minimum atomic E-state index is -0.198. The highest BCUT2D eigenvalue weighted by molar-refractivity contribution is 5.94. The number of aromatic nitrogens is 2. The molecule has 0 radical (unpaired) electrons. The third kappa shape index (κ3) is 3.21. The Hall–Kier alpha value is -2.48. The Labute approximate surface area is 145 Å². The highest BCUT2D eigenvalue weighted by atomic mass is 16.5. The molecule has 0 spiro atoms. The minimum absolute atomic E-state index is 0.00701. The molecule has 2 heterocycles. The van der Waals surface area contributed by atoms with Crippen LogP contribution in [0.15, 0.2) is 16.9 Å². The van der Waals surface area contributed by atoms with Gasteiger partial charge in [0.05, 0.1) is 29.9 Å². The van der Waals surface area contributed by atoms with Crippen molar-refractivity contribution in [2.24, 2.45) is 14.1 Å². The van der Waals surface area contributed by atoms with Crippen LogP contribution in [-0.4, -0.2) is 53.0 Å². The first-order chi connectivity index (χ1) is 11.9. The molecule has 1 saturated heterocycles. The Morgan fingerprint density at radius 1 is 1.28 bits per heavy atom. The smallest absolute Gasteiger partial charge is 0.328 e. The third-order valence-corrected chi connectivity index (χ3v) is 4.57. The summed E-state index contributed by atoms with van der Waals surface area (Å²) in [5, 5.41) is 2.91. The Kier molecular flexibility index (Phi) is 4.71. The number of methoxy groups -OCH3 is 1. The van der Waals surface area contributed by atoms with Crippen molar-refractivity contribution in [3.8, 4) is 5.75 Å². The van der Waals surface area contributed by atoms with Crippen molar-refractivity contribution in [2.75, 3.05) is 32.1 Å². The lowest BCUT2D eigenvalue weighted by Gasteiger charge is -2.23. The Morgan fingerprint density at radius 3 is 2.64 bits per heavy atom. The number of ether oxygens (including phenoxy) is 2. The summed E-state index contributed by atoms with van der Waals surface area (Å²) in [7, 11) is 4.96. The summed E-state index contributed by atoms with van der Waals surface area (Å²) in [6.07, 6.45) is 0.814. The molecule has 0 saturated carbocycles. The molecule has 1 aromatic heterocycles. The normalized spacial score (nSPS) is 18.2. The molecule has 1 fully saturated rings. The van der Waals surface area contributed by atoms with Crippen molar-refractivity contribution in [3.05, 3.63) is 22.6 Å². The fraction of sp³-hybridized carbons (Fsp3) is 0.529. The third-order valence-electron chi connectivity index (χ3n) is 4.57. The summed E-state index contributed by atoms with van der Waals surface area (Å²) < 4.78 is 14.1. The zero-order valence-corrected chi connectivity index (χ0v) is 15.0. The molecule has 136 valence electrons. The van der Waals surface area contributed by atoms with Gasteiger partial charge in [-0.15, -0.1) is 0 Å². The first-order valence-electron chi connectivity index (χ1n) is 8.33. The van der Waals surface area contributed by atoms with Gasteiger partial charge in [0.15, 0.2) is 0 Å². The number of nitrogens with zero attached hydrogens (tertiary/aromatic N) is 3. The quantitative estimate of drug-likeness (QED) is 0.893. The number of amides is 2. The van der Waals surface area contributed by atoms with Gasteiger partial charge >= 0.3 is 11.7 Å². The maximum absolute atomic E-state index is 12.7. The molecular weight excluding hydrogens is 324 g/mol. The second kappa shape index (κ2) is 6.79. The number of rotatable bonds is 2. The highest BCUT2D eigenvalue weighted by Gasteiger charge is 2.21. The number of benzene rings is 1. The maximum atomic E-state index is 12.7. The standard InChI is InChI=1S/C17H24N4O4/c1-11-10-21(6-5-7-25-11)16(22)18-12-8-13-14(9-15(12)24-4)20(3)17(23)19(13)2/h8-9,11H,5-7,10H2,1-4H3,(H,18,22)/t11-/m0/s1. The van der Waals surface area contributed by atoms with Crippen LogP contribution >= 0.6 is 0 Å². The summed E-state index contributed by atoms with van der Waals surface area (Å²) in [5.74, 6) is 0.515. The number of nitrogens with one attached hydrogen (secondary N) is 1. The number of carbonyl (C=O) groups is 1. The predicted molar refractivity (Wildman–Crippen MR) is 95.3 cm³/mol. The summed E-state index contributed by atoms with van der Waals surface area (Å²) in [6, 6.07) is 3.34. The Bertz CT molecular complexity index is 854. The Morgan fingerprint density at radius 2 is 1.96 bits per heavy atom. The minimum Gasteiger partial charge on any atom is -0.494 e. The van der Waals surface area contributed by atoms with E-state index in [-0.39, 0.29) is 17.8 Å². The van der Waals surface area contributed by atoms with Crippen LogP contribution in [0.4, 0.5) is 10.5 Å². The van der Waals surface area contributed by atoms with E-state index in [1.807, 2.05) is 6.92 Å². The van der Waals surface area contributed by atoms with Gasteiger partial charge in [0.2, 0.25) is 0 Å². The van der Waals surface area contributed by atoms with Crippen LogP contribution in [0.5, 0.6) is 5.75 Å². The molecule has 8 heteroatoms. The number of imidazole rings is 1. The number of hydrogen-bond donors (Lipinski definition) is 1. The fourth-order valence-electron chi connectivity index (χ4n) is 3.17. The van der Waals surface area contributed by atoms with Crippen molar-refractivity contribution in [2.45, 2.75) is 19.4 Å². The van der Waals surface area contributed by atoms with Crippen LogP contribution in [0.1, 0.15) is 13.3 Å². The van der Waals surface area contributed by atoms with Gasteiger partial charge in [0, 0.05) is 39.9 Å². The van der Waals surface area contributed by atoms with Crippen LogP contribution in [0.3, 0.4) is 0 Å². The van der Waals surface area contributed by atoms with E-state index in [0.717, 1.165) is 17.5 Å². The maximum Gasteiger partial charge on any atom is 0.328 e. The van der Waals surface area contributed by atoms with Gasteiger partial charge in [-0.3, -0.25) is 9.13 Å². The van der Waals surface area contributed by atoms with Gasteiger partial charge < -0.3 is 19.7 Å². The van der Waals surface area contributed by atoms with Crippen LogP contribution in [0.2, 0.25) is 0 Å². The second-order valence-electron chi connectivity index (χ2n) is 6.35. The molecule has 2 amide bonds. The van der Waals surface area contributed by atoms with Crippen LogP contribution < -0.4 is 15.7 Å². The molecule has 0 bridgehead atoms. The molecular formula is C17H24N4O4. The van der Waals surface area contributed by atoms with E-state index in [9.17, 15) is 9.59 Å². The number of urea groups is 1. The van der Waals surface area contributed by atoms with Crippen molar-refractivity contribution in [3.63, 3.8) is 0 Å². The molecule has 8 nitrogen and oxygen atoms in total. The molecule has 25 heavy (non-hydrogen) atoms. The number of fused-ring (bicyclic) bond motifs is 1. The topological polar surface area (TPSA) is 77.7 Å². The van der Waals surface area contributed by atoms with Gasteiger partial charge in [-0.1, -0.05) is 0 Å². The van der Waals surface area contributed by atoms with E-state index in [4.69, 9.17) is 9.47 Å². The van der Waals surface area contributed by atoms with Crippen molar-refractivity contribution in [1.29, 1.82) is 0 Å². The van der Waals surface area contributed by atoms with Crippen molar-refractivity contribution in [1.82, 2.24) is 14.0 Å². The summed E-state index contributed by atoms with van der Waals surface area (Å²) in [4.78, 5) is 26.5. The second-order valence-corrected chi connectivity index (χ2v) is 6.35. The van der Waals surface area contributed by atoms with Gasteiger partial charge in [0.25, 0.3) is 0 Å². The summed E-state index contributed by atoms with van der Waals surface area (Å²) in [5.41, 5.74) is 1.90. The lowest BCUT2D eigenvalue weighted by Crippen LogP contribution is -2.39. The lowest BCUT2D eigenvalue weighted by atomic mass is 10.2. The average Bonchev–Trinajstić information content (AvgIpc) is 2.77. The number of aryl methyl sites for hydroxylation is 2. The van der Waals surface area contributed by atoms with Crippen molar-refractivity contribution < 1.29 is 14.3 Å². The SMILES string of the molecule is COc1cc2c(cc1NC(=O)N1CCCO[C@@H](C)C1)n(C)c(=O)n2C. The molecule has 1 aromatic carbocycles. The van der Waals surface area contributed by atoms with Crippen LogP contribution in [0.25, 0.3) is 11.0 Å². The van der Waals surface area contributed by atoms with E-state index < -0.39 is 0 Å². The van der Waals surface area contributed by atoms with Crippen molar-refractivity contribution >= 4 is 22.8 Å².